The van der Waals surface area contributed by atoms with Crippen LogP contribution in [0.2, 0.25) is 0 Å². The first-order valence-corrected chi connectivity index (χ1v) is 8.74. The van der Waals surface area contributed by atoms with E-state index in [1.165, 1.54) is 51.4 Å². The molecule has 2 fully saturated rings. The summed E-state index contributed by atoms with van der Waals surface area (Å²) in [7, 11) is 0. The predicted octanol–water partition coefficient (Wildman–Crippen LogP) is 3.37. The van der Waals surface area contributed by atoms with Gasteiger partial charge >= 0.3 is 0 Å². The summed E-state index contributed by atoms with van der Waals surface area (Å²) in [5.74, 6) is 0.935. The molecule has 0 spiro atoms. The molecule has 0 aliphatic heterocycles. The second kappa shape index (κ2) is 8.02. The van der Waals surface area contributed by atoms with Gasteiger partial charge in [-0.05, 0) is 38.5 Å². The van der Waals surface area contributed by atoms with Crippen molar-refractivity contribution in [3.8, 4) is 0 Å². The lowest BCUT2D eigenvalue weighted by atomic mass is 9.90. The first kappa shape index (κ1) is 15.8. The van der Waals surface area contributed by atoms with Crippen molar-refractivity contribution in [1.29, 1.82) is 0 Å². The van der Waals surface area contributed by atoms with Gasteiger partial charge in [0.2, 0.25) is 5.91 Å². The van der Waals surface area contributed by atoms with Crippen LogP contribution >= 0.6 is 0 Å². The van der Waals surface area contributed by atoms with Crippen molar-refractivity contribution in [2.24, 2.45) is 17.6 Å². The van der Waals surface area contributed by atoms with Gasteiger partial charge in [0.25, 0.3) is 0 Å². The Morgan fingerprint density at radius 2 is 1.50 bits per heavy atom. The van der Waals surface area contributed by atoms with Crippen molar-refractivity contribution in [3.05, 3.63) is 0 Å². The highest BCUT2D eigenvalue weighted by Crippen LogP contribution is 2.27. The highest BCUT2D eigenvalue weighted by atomic mass is 16.2. The molecule has 3 nitrogen and oxygen atoms in total. The molecule has 0 bridgehead atoms. The largest absolute Gasteiger partial charge is 0.353 e. The molecule has 0 saturated heterocycles. The number of rotatable bonds is 3. The molecule has 0 radical (unpaired) electrons. The standard InChI is InChI=1S/C17H32N2O/c1-13(14-9-5-2-3-6-10-14)19-17(20)15-11-7-4-8-12-16(15)18/h13-16H,2-12,18H2,1H3,(H,19,20)/t13-,15?,16?/m0/s1. The molecule has 3 heteroatoms. The second-order valence-corrected chi connectivity index (χ2v) is 6.96. The van der Waals surface area contributed by atoms with Crippen molar-refractivity contribution in [1.82, 2.24) is 5.32 Å². The molecule has 2 unspecified atom stereocenters. The average molecular weight is 280 g/mol. The van der Waals surface area contributed by atoms with Crippen LogP contribution in [0.5, 0.6) is 0 Å². The summed E-state index contributed by atoms with van der Waals surface area (Å²) in [6.45, 7) is 2.19. The van der Waals surface area contributed by atoms with Gasteiger partial charge in [0, 0.05) is 12.1 Å². The van der Waals surface area contributed by atoms with Crippen LogP contribution in [0.25, 0.3) is 0 Å². The molecule has 2 aliphatic rings. The summed E-state index contributed by atoms with van der Waals surface area (Å²) >= 11 is 0. The number of hydrogen-bond donors (Lipinski definition) is 2. The maximum absolute atomic E-state index is 12.5. The van der Waals surface area contributed by atoms with E-state index in [1.807, 2.05) is 0 Å². The van der Waals surface area contributed by atoms with Gasteiger partial charge in [-0.1, -0.05) is 44.9 Å². The van der Waals surface area contributed by atoms with Gasteiger partial charge in [0.05, 0.1) is 5.92 Å². The molecular weight excluding hydrogens is 248 g/mol. The third-order valence-electron chi connectivity index (χ3n) is 5.38. The second-order valence-electron chi connectivity index (χ2n) is 6.96. The topological polar surface area (TPSA) is 55.1 Å². The van der Waals surface area contributed by atoms with E-state index in [9.17, 15) is 4.79 Å². The fourth-order valence-corrected chi connectivity index (χ4v) is 3.92. The maximum Gasteiger partial charge on any atom is 0.224 e. The summed E-state index contributed by atoms with van der Waals surface area (Å²) in [4.78, 5) is 12.5. The van der Waals surface area contributed by atoms with Crippen LogP contribution in [-0.4, -0.2) is 18.0 Å². The van der Waals surface area contributed by atoms with E-state index in [2.05, 4.69) is 12.2 Å². The summed E-state index contributed by atoms with van der Waals surface area (Å²) in [6.07, 6.45) is 13.5. The third kappa shape index (κ3) is 4.47. The van der Waals surface area contributed by atoms with Crippen LogP contribution < -0.4 is 11.1 Å². The summed E-state index contributed by atoms with van der Waals surface area (Å²) < 4.78 is 0. The Kier molecular flexibility index (Phi) is 6.34. The quantitative estimate of drug-likeness (QED) is 0.779. The maximum atomic E-state index is 12.5. The lowest BCUT2D eigenvalue weighted by Gasteiger charge is -2.27. The Balaban J connectivity index is 1.85. The van der Waals surface area contributed by atoms with Crippen LogP contribution in [0.3, 0.4) is 0 Å². The zero-order chi connectivity index (χ0) is 14.4. The SMILES string of the molecule is C[C@H](NC(=O)C1CCCCCC1N)C1CCCCCC1. The molecule has 3 N–H and O–H groups in total. The smallest absolute Gasteiger partial charge is 0.224 e. The van der Waals surface area contributed by atoms with Crippen molar-refractivity contribution >= 4 is 5.91 Å². The molecule has 0 heterocycles. The molecule has 116 valence electrons. The molecule has 2 aliphatic carbocycles. The van der Waals surface area contributed by atoms with E-state index >= 15 is 0 Å². The number of nitrogens with one attached hydrogen (secondary N) is 1. The van der Waals surface area contributed by atoms with Crippen molar-refractivity contribution in [3.63, 3.8) is 0 Å². The molecule has 1 amide bonds. The summed E-state index contributed by atoms with van der Waals surface area (Å²) in [5, 5.41) is 3.29. The van der Waals surface area contributed by atoms with E-state index in [4.69, 9.17) is 5.73 Å². The third-order valence-corrected chi connectivity index (χ3v) is 5.38. The van der Waals surface area contributed by atoms with Crippen molar-refractivity contribution in [2.75, 3.05) is 0 Å². The highest BCUT2D eigenvalue weighted by molar-refractivity contribution is 5.79. The highest BCUT2D eigenvalue weighted by Gasteiger charge is 2.29. The minimum atomic E-state index is 0.0470. The number of nitrogens with two attached hydrogens (primary N) is 1. The molecule has 0 aromatic rings. The predicted molar refractivity (Wildman–Crippen MR) is 83.3 cm³/mol. The molecule has 20 heavy (non-hydrogen) atoms. The zero-order valence-corrected chi connectivity index (χ0v) is 13.1. The van der Waals surface area contributed by atoms with Gasteiger partial charge in [-0.25, -0.2) is 0 Å². The molecule has 2 saturated carbocycles. The van der Waals surface area contributed by atoms with E-state index in [0.29, 0.717) is 12.0 Å². The first-order valence-electron chi connectivity index (χ1n) is 8.74. The van der Waals surface area contributed by atoms with Crippen LogP contribution in [0, 0.1) is 11.8 Å². The molecule has 0 aromatic carbocycles. The Hall–Kier alpha value is -0.570. The van der Waals surface area contributed by atoms with E-state index < -0.39 is 0 Å². The van der Waals surface area contributed by atoms with Gasteiger partial charge in [-0.2, -0.15) is 0 Å². The van der Waals surface area contributed by atoms with Gasteiger partial charge in [-0.15, -0.1) is 0 Å². The van der Waals surface area contributed by atoms with Crippen molar-refractivity contribution in [2.45, 2.75) is 89.6 Å². The summed E-state index contributed by atoms with van der Waals surface area (Å²) in [5.41, 5.74) is 6.20. The Morgan fingerprint density at radius 3 is 2.20 bits per heavy atom. The van der Waals surface area contributed by atoms with Crippen LogP contribution in [0.15, 0.2) is 0 Å². The minimum absolute atomic E-state index is 0.0470. The van der Waals surface area contributed by atoms with Gasteiger partial charge in [0.15, 0.2) is 0 Å². The van der Waals surface area contributed by atoms with Gasteiger partial charge < -0.3 is 11.1 Å². The van der Waals surface area contributed by atoms with Gasteiger partial charge in [-0.3, -0.25) is 4.79 Å². The summed E-state index contributed by atoms with van der Waals surface area (Å²) in [6, 6.07) is 0.384. The lowest BCUT2D eigenvalue weighted by molar-refractivity contribution is -0.126. The van der Waals surface area contributed by atoms with Crippen molar-refractivity contribution < 1.29 is 4.79 Å². The molecule has 3 atom stereocenters. The number of carbonyl (C=O) groups is 1. The van der Waals surface area contributed by atoms with Crippen LogP contribution in [-0.2, 0) is 4.79 Å². The van der Waals surface area contributed by atoms with E-state index in [0.717, 1.165) is 19.3 Å². The van der Waals surface area contributed by atoms with Crippen LogP contribution in [0.1, 0.15) is 77.6 Å². The fraction of sp³-hybridized carbons (Fsp3) is 0.941. The normalized spacial score (nSPS) is 31.1. The fourth-order valence-electron chi connectivity index (χ4n) is 3.92. The zero-order valence-electron chi connectivity index (χ0n) is 13.1. The van der Waals surface area contributed by atoms with E-state index in [-0.39, 0.29) is 17.9 Å². The lowest BCUT2D eigenvalue weighted by Crippen LogP contribution is -2.46. The minimum Gasteiger partial charge on any atom is -0.353 e. The number of carbonyl (C=O) groups excluding carboxylic acids is 1. The molecule has 0 aromatic heterocycles. The first-order chi connectivity index (χ1) is 9.68. The number of hydrogen-bond acceptors (Lipinski definition) is 2. The number of amides is 1. The average Bonchev–Trinajstić information content (AvgIpc) is 2.80. The van der Waals surface area contributed by atoms with E-state index in [1.54, 1.807) is 0 Å². The Labute approximate surface area is 124 Å². The monoisotopic (exact) mass is 280 g/mol. The molecular formula is C17H32N2O. The Bertz CT molecular complexity index is 297. The van der Waals surface area contributed by atoms with Crippen LogP contribution in [0.4, 0.5) is 0 Å². The molecule has 2 rings (SSSR count). The van der Waals surface area contributed by atoms with Gasteiger partial charge in [0.1, 0.15) is 0 Å². The Morgan fingerprint density at radius 1 is 0.950 bits per heavy atom.